The lowest BCUT2D eigenvalue weighted by Crippen LogP contribution is -2.25. The lowest BCUT2D eigenvalue weighted by atomic mass is 9.88. The highest BCUT2D eigenvalue weighted by molar-refractivity contribution is 6.15. The van der Waals surface area contributed by atoms with Gasteiger partial charge in [0.25, 0.3) is 0 Å². The number of allylic oxidation sites excluding steroid dienone is 1. The van der Waals surface area contributed by atoms with Gasteiger partial charge in [-0.2, -0.15) is 0 Å². The average Bonchev–Trinajstić information content (AvgIpc) is 3.51. The van der Waals surface area contributed by atoms with Crippen molar-refractivity contribution in [2.24, 2.45) is 0 Å². The molecule has 10 rings (SSSR count). The van der Waals surface area contributed by atoms with Crippen LogP contribution in [0.4, 0.5) is 34.1 Å². The number of anilines is 6. The molecule has 1 aliphatic carbocycles. The Balaban J connectivity index is 1.35. The Kier molecular flexibility index (Phi) is 5.34. The number of nitrogens with zero attached hydrogens (tertiary/aromatic N) is 2. The molecule has 2 heterocycles. The third-order valence-corrected chi connectivity index (χ3v) is 9.54. The molecule has 0 amide bonds. The van der Waals surface area contributed by atoms with Crippen LogP contribution in [-0.4, -0.2) is 0 Å². The van der Waals surface area contributed by atoms with Crippen molar-refractivity contribution in [3.8, 4) is 11.1 Å². The predicted molar refractivity (Wildman–Crippen MR) is 192 cm³/mol. The molecule has 7 aromatic carbocycles. The normalized spacial score (nSPS) is 13.4. The minimum absolute atomic E-state index is 0.858. The molecule has 0 saturated heterocycles. The lowest BCUT2D eigenvalue weighted by Gasteiger charge is -2.42. The van der Waals surface area contributed by atoms with Gasteiger partial charge in [-0.05, 0) is 81.9 Å². The summed E-state index contributed by atoms with van der Waals surface area (Å²) in [4.78, 5) is 4.92. The first-order valence-corrected chi connectivity index (χ1v) is 15.8. The smallest absolute Gasteiger partial charge is 0.159 e. The van der Waals surface area contributed by atoms with Crippen LogP contribution in [0.25, 0.3) is 49.9 Å². The monoisotopic (exact) mass is 588 g/mol. The zero-order valence-corrected chi connectivity index (χ0v) is 25.0. The summed E-state index contributed by atoms with van der Waals surface area (Å²) in [7, 11) is 0. The highest BCUT2D eigenvalue weighted by Gasteiger charge is 2.35. The lowest BCUT2D eigenvalue weighted by molar-refractivity contribution is 0.669. The highest BCUT2D eigenvalue weighted by atomic mass is 16.3. The summed E-state index contributed by atoms with van der Waals surface area (Å²) >= 11 is 0. The maximum atomic E-state index is 6.68. The molecule has 3 heteroatoms. The van der Waals surface area contributed by atoms with Gasteiger partial charge in [0.15, 0.2) is 5.58 Å². The van der Waals surface area contributed by atoms with E-state index in [1.807, 2.05) is 6.07 Å². The molecule has 2 aliphatic rings. The number of para-hydroxylation sites is 3. The van der Waals surface area contributed by atoms with Gasteiger partial charge in [-0.15, -0.1) is 0 Å². The first-order chi connectivity index (χ1) is 22.8. The summed E-state index contributed by atoms with van der Waals surface area (Å²) in [5.74, 6) is 0. The minimum Gasteiger partial charge on any atom is -0.454 e. The Labute approximate surface area is 266 Å². The molecule has 0 bridgehead atoms. The van der Waals surface area contributed by atoms with Crippen molar-refractivity contribution in [1.82, 2.24) is 0 Å². The van der Waals surface area contributed by atoms with Crippen molar-refractivity contribution < 1.29 is 4.42 Å². The van der Waals surface area contributed by atoms with Gasteiger partial charge >= 0.3 is 0 Å². The molecule has 3 nitrogen and oxygen atoms in total. The maximum Gasteiger partial charge on any atom is 0.159 e. The molecule has 0 saturated carbocycles. The van der Waals surface area contributed by atoms with E-state index in [-0.39, 0.29) is 0 Å². The van der Waals surface area contributed by atoms with Gasteiger partial charge < -0.3 is 14.2 Å². The molecular weight excluding hydrogens is 560 g/mol. The Bertz CT molecular complexity index is 2510. The quantitative estimate of drug-likeness (QED) is 0.205. The van der Waals surface area contributed by atoms with Crippen LogP contribution in [0.3, 0.4) is 0 Å². The number of hydrogen-bond acceptors (Lipinski definition) is 3. The molecule has 0 atom stereocenters. The van der Waals surface area contributed by atoms with Gasteiger partial charge in [-0.25, -0.2) is 0 Å². The molecule has 8 aromatic rings. The van der Waals surface area contributed by atoms with E-state index in [1.54, 1.807) is 0 Å². The Morgan fingerprint density at radius 3 is 2.20 bits per heavy atom. The topological polar surface area (TPSA) is 19.6 Å². The summed E-state index contributed by atoms with van der Waals surface area (Å²) in [6, 6.07) is 52.3. The second-order valence-electron chi connectivity index (χ2n) is 12.1. The second kappa shape index (κ2) is 9.72. The third-order valence-electron chi connectivity index (χ3n) is 9.54. The molecule has 1 aliphatic heterocycles. The van der Waals surface area contributed by atoms with Gasteiger partial charge in [0.2, 0.25) is 0 Å². The van der Waals surface area contributed by atoms with Gasteiger partial charge in [0.1, 0.15) is 5.58 Å². The standard InChI is InChI=1S/C43H28N2O/c1-3-12-28(13-4-1)30-24-25-36-38(26-30)44(32-17-5-2-6-18-32)42-35-21-10-15-29-14-9-16-31(41(29)35)27-39(42)45(36)37-22-11-20-34-33-19-7-8-23-40(33)46-43(34)37/h1-20,22-27H,21H2. The van der Waals surface area contributed by atoms with Crippen LogP contribution in [0.15, 0.2) is 156 Å². The summed E-state index contributed by atoms with van der Waals surface area (Å²) in [5.41, 5.74) is 13.5. The summed E-state index contributed by atoms with van der Waals surface area (Å²) in [6.45, 7) is 0. The minimum atomic E-state index is 0.858. The molecule has 0 fully saturated rings. The Hall–Kier alpha value is -6.06. The van der Waals surface area contributed by atoms with E-state index in [0.29, 0.717) is 0 Å². The molecule has 0 spiro atoms. The van der Waals surface area contributed by atoms with Gasteiger partial charge in [-0.1, -0.05) is 115 Å². The van der Waals surface area contributed by atoms with E-state index >= 15 is 0 Å². The number of fused-ring (bicyclic) bond motifs is 6. The molecule has 0 unspecified atom stereocenters. The first-order valence-electron chi connectivity index (χ1n) is 15.8. The fourth-order valence-electron chi connectivity index (χ4n) is 7.57. The zero-order valence-electron chi connectivity index (χ0n) is 25.0. The predicted octanol–water partition coefficient (Wildman–Crippen LogP) is 12.2. The Morgan fingerprint density at radius 1 is 0.522 bits per heavy atom. The third kappa shape index (κ3) is 3.60. The summed E-state index contributed by atoms with van der Waals surface area (Å²) < 4.78 is 6.68. The number of rotatable bonds is 3. The van der Waals surface area contributed by atoms with Crippen molar-refractivity contribution >= 4 is 72.9 Å². The zero-order chi connectivity index (χ0) is 30.2. The number of benzene rings is 7. The maximum absolute atomic E-state index is 6.68. The van der Waals surface area contributed by atoms with Crippen molar-refractivity contribution in [1.29, 1.82) is 0 Å². The van der Waals surface area contributed by atoms with Crippen molar-refractivity contribution in [3.63, 3.8) is 0 Å². The van der Waals surface area contributed by atoms with Crippen molar-refractivity contribution in [2.45, 2.75) is 6.42 Å². The molecule has 46 heavy (non-hydrogen) atoms. The molecule has 216 valence electrons. The van der Waals surface area contributed by atoms with E-state index in [0.717, 1.165) is 56.8 Å². The highest BCUT2D eigenvalue weighted by Crippen LogP contribution is 2.59. The Morgan fingerprint density at radius 2 is 1.30 bits per heavy atom. The van der Waals surface area contributed by atoms with E-state index in [1.165, 1.54) is 38.7 Å². The van der Waals surface area contributed by atoms with Crippen LogP contribution in [0.5, 0.6) is 0 Å². The molecule has 1 aromatic heterocycles. The average molecular weight is 589 g/mol. The number of furan rings is 1. The van der Waals surface area contributed by atoms with E-state index in [4.69, 9.17) is 4.42 Å². The molecule has 0 radical (unpaired) electrons. The van der Waals surface area contributed by atoms with Crippen LogP contribution < -0.4 is 9.80 Å². The summed E-state index contributed by atoms with van der Waals surface area (Å²) in [6.07, 6.45) is 5.43. The van der Waals surface area contributed by atoms with E-state index in [2.05, 4.69) is 161 Å². The van der Waals surface area contributed by atoms with Crippen LogP contribution in [0.1, 0.15) is 11.1 Å². The first kappa shape index (κ1) is 25.3. The van der Waals surface area contributed by atoms with Crippen LogP contribution in [0, 0.1) is 0 Å². The van der Waals surface area contributed by atoms with Crippen molar-refractivity contribution in [2.75, 3.05) is 9.80 Å². The van der Waals surface area contributed by atoms with E-state index in [9.17, 15) is 0 Å². The molecular formula is C43H28N2O. The number of hydrogen-bond donors (Lipinski definition) is 0. The van der Waals surface area contributed by atoms with Gasteiger partial charge in [-0.3, -0.25) is 0 Å². The van der Waals surface area contributed by atoms with Crippen LogP contribution >= 0.6 is 0 Å². The van der Waals surface area contributed by atoms with Gasteiger partial charge in [0, 0.05) is 16.5 Å². The summed E-state index contributed by atoms with van der Waals surface area (Å²) in [5, 5.41) is 4.82. The van der Waals surface area contributed by atoms with Crippen LogP contribution in [-0.2, 0) is 6.42 Å². The fourth-order valence-corrected chi connectivity index (χ4v) is 7.57. The van der Waals surface area contributed by atoms with Crippen molar-refractivity contribution in [3.05, 3.63) is 163 Å². The second-order valence-corrected chi connectivity index (χ2v) is 12.1. The largest absolute Gasteiger partial charge is 0.454 e. The SMILES string of the molecule is C1=Cc2cccc3cc4c(c(c23)C1)N(c1ccccc1)c1cc(-c2ccccc2)ccc1N4c1cccc2c1oc1ccccc12. The fraction of sp³-hybridized carbons (Fsp3) is 0.0233. The molecule has 0 N–H and O–H groups in total. The van der Waals surface area contributed by atoms with E-state index < -0.39 is 0 Å². The van der Waals surface area contributed by atoms with Gasteiger partial charge in [0.05, 0.1) is 28.4 Å². The van der Waals surface area contributed by atoms with Crippen LogP contribution in [0.2, 0.25) is 0 Å².